The molecule has 0 atom stereocenters. The molecule has 3 N–H and O–H groups in total. The highest BCUT2D eigenvalue weighted by atomic mass is 32.3. The maximum Gasteiger partial charge on any atom is 0.243 e. The number of nitrogens with one attached hydrogen (secondary N) is 1. The van der Waals surface area contributed by atoms with E-state index < -0.39 is 16.2 Å². The van der Waals surface area contributed by atoms with E-state index >= 15 is 0 Å². The molecular weight excluding hydrogens is 166 g/mol. The molecule has 1 amide bonds. The molecule has 0 aliphatic carbocycles. The number of rotatable bonds is 1. The van der Waals surface area contributed by atoms with E-state index in [0.717, 1.165) is 0 Å². The first-order chi connectivity index (χ1) is 4.63. The fourth-order valence-corrected chi connectivity index (χ4v) is 0.986. The van der Waals surface area contributed by atoms with Gasteiger partial charge in [-0.25, -0.2) is 0 Å². The van der Waals surface area contributed by atoms with Crippen molar-refractivity contribution in [2.24, 2.45) is 5.41 Å². The molecule has 0 unspecified atom stereocenters. The zero-order valence-corrected chi connectivity index (χ0v) is 8.03. The highest BCUT2D eigenvalue weighted by molar-refractivity contribution is 8.22. The van der Waals surface area contributed by atoms with Gasteiger partial charge in [-0.3, -0.25) is 18.6 Å². The molecule has 0 aromatic heterocycles. The van der Waals surface area contributed by atoms with E-state index in [0.29, 0.717) is 0 Å². The molecule has 0 bridgehead atoms. The van der Waals surface area contributed by atoms with E-state index in [1.807, 2.05) is 0 Å². The van der Waals surface area contributed by atoms with Crippen LogP contribution in [0.15, 0.2) is 0 Å². The zero-order chi connectivity index (χ0) is 9.28. The first-order valence-electron chi connectivity index (χ1n) is 3.18. The average Bonchev–Trinajstić information content (AvgIpc) is 1.56. The van der Waals surface area contributed by atoms with Gasteiger partial charge in [0.05, 0.1) is 0 Å². The quantitative estimate of drug-likeness (QED) is 0.573. The van der Waals surface area contributed by atoms with Crippen molar-refractivity contribution >= 4 is 16.7 Å². The van der Waals surface area contributed by atoms with Gasteiger partial charge in [0, 0.05) is 11.7 Å². The van der Waals surface area contributed by atoms with Crippen LogP contribution in [-0.2, 0) is 4.79 Å². The molecule has 0 aromatic carbocycles. The van der Waals surface area contributed by atoms with Crippen LogP contribution < -0.4 is 4.72 Å². The molecule has 0 aliphatic rings. The van der Waals surface area contributed by atoms with Crippen molar-refractivity contribution < 1.29 is 13.9 Å². The Balaban J connectivity index is 4.11. The number of carbonyl (C=O) groups excluding carboxylic acids is 1. The standard InChI is InChI=1S/C6H15NO3S/c1-6(2,3)5(8)7-11(4,9)10/h9-10H,1-4H3,(H,7,8). The highest BCUT2D eigenvalue weighted by Gasteiger charge is 2.23. The third kappa shape index (κ3) is 5.06. The van der Waals surface area contributed by atoms with E-state index in [4.69, 9.17) is 9.11 Å². The maximum absolute atomic E-state index is 11.1. The van der Waals surface area contributed by atoms with Crippen LogP contribution in [0.25, 0.3) is 0 Å². The van der Waals surface area contributed by atoms with Gasteiger partial charge in [-0.2, -0.15) is 0 Å². The molecule has 0 radical (unpaired) electrons. The van der Waals surface area contributed by atoms with Crippen LogP contribution in [0.2, 0.25) is 0 Å². The number of hydrogen-bond donors (Lipinski definition) is 3. The van der Waals surface area contributed by atoms with Crippen molar-refractivity contribution in [1.82, 2.24) is 4.72 Å². The minimum atomic E-state index is -2.91. The number of carbonyl (C=O) groups is 1. The van der Waals surface area contributed by atoms with E-state index in [2.05, 4.69) is 4.72 Å². The molecule has 0 heterocycles. The second-order valence-electron chi connectivity index (χ2n) is 3.51. The Hall–Kier alpha value is -0.260. The van der Waals surface area contributed by atoms with Gasteiger partial charge >= 0.3 is 0 Å². The Kier molecular flexibility index (Phi) is 2.93. The number of amides is 1. The summed E-state index contributed by atoms with van der Waals surface area (Å²) in [7, 11) is -2.91. The Bertz CT molecular complexity index is 156. The molecule has 68 valence electrons. The van der Waals surface area contributed by atoms with Crippen LogP contribution in [0.1, 0.15) is 20.8 Å². The molecule has 0 aromatic rings. The third-order valence-electron chi connectivity index (χ3n) is 0.967. The molecular formula is C6H15NO3S. The second-order valence-corrected chi connectivity index (χ2v) is 5.39. The summed E-state index contributed by atoms with van der Waals surface area (Å²) in [6.07, 6.45) is 1.18. The van der Waals surface area contributed by atoms with Gasteiger partial charge < -0.3 is 0 Å². The van der Waals surface area contributed by atoms with Crippen LogP contribution in [0.3, 0.4) is 0 Å². The summed E-state index contributed by atoms with van der Waals surface area (Å²) in [6.45, 7) is 5.11. The molecule has 5 heteroatoms. The van der Waals surface area contributed by atoms with Crippen LogP contribution >= 0.6 is 10.8 Å². The molecule has 0 rings (SSSR count). The van der Waals surface area contributed by atoms with Gasteiger partial charge in [-0.15, -0.1) is 10.8 Å². The third-order valence-corrected chi connectivity index (χ3v) is 1.54. The lowest BCUT2D eigenvalue weighted by Gasteiger charge is -2.31. The fraction of sp³-hybridized carbons (Fsp3) is 0.833. The lowest BCUT2D eigenvalue weighted by atomic mass is 9.96. The first kappa shape index (κ1) is 10.7. The van der Waals surface area contributed by atoms with Gasteiger partial charge in [0.15, 0.2) is 0 Å². The van der Waals surface area contributed by atoms with Gasteiger partial charge in [0.1, 0.15) is 0 Å². The highest BCUT2D eigenvalue weighted by Crippen LogP contribution is 2.29. The van der Waals surface area contributed by atoms with Gasteiger partial charge in [-0.05, 0) is 0 Å². The van der Waals surface area contributed by atoms with E-state index in [9.17, 15) is 4.79 Å². The van der Waals surface area contributed by atoms with Gasteiger partial charge in [0.2, 0.25) is 5.91 Å². The largest absolute Gasteiger partial charge is 0.282 e. The Morgan fingerprint density at radius 2 is 1.73 bits per heavy atom. The Labute approximate surface area is 68.5 Å². The summed E-state index contributed by atoms with van der Waals surface area (Å²) in [6, 6.07) is 0. The minimum Gasteiger partial charge on any atom is -0.282 e. The van der Waals surface area contributed by atoms with Crippen LogP contribution in [0.5, 0.6) is 0 Å². The Morgan fingerprint density at radius 3 is 1.82 bits per heavy atom. The summed E-state index contributed by atoms with van der Waals surface area (Å²) in [5.74, 6) is -0.361. The zero-order valence-electron chi connectivity index (χ0n) is 7.21. The number of hydrogen-bond acceptors (Lipinski definition) is 3. The van der Waals surface area contributed by atoms with Crippen molar-refractivity contribution in [2.45, 2.75) is 20.8 Å². The summed E-state index contributed by atoms with van der Waals surface area (Å²) in [4.78, 5) is 11.1. The summed E-state index contributed by atoms with van der Waals surface area (Å²) < 4.78 is 19.8. The van der Waals surface area contributed by atoms with Crippen molar-refractivity contribution in [3.8, 4) is 0 Å². The lowest BCUT2D eigenvalue weighted by Crippen LogP contribution is -2.36. The summed E-state index contributed by atoms with van der Waals surface area (Å²) in [5.41, 5.74) is -0.584. The van der Waals surface area contributed by atoms with Crippen molar-refractivity contribution in [2.75, 3.05) is 6.26 Å². The predicted octanol–water partition coefficient (Wildman–Crippen LogP) is 1.44. The minimum absolute atomic E-state index is 0.361. The molecule has 0 saturated carbocycles. The van der Waals surface area contributed by atoms with Crippen LogP contribution in [0, 0.1) is 5.41 Å². The molecule has 0 saturated heterocycles. The monoisotopic (exact) mass is 181 g/mol. The van der Waals surface area contributed by atoms with Crippen molar-refractivity contribution in [3.63, 3.8) is 0 Å². The van der Waals surface area contributed by atoms with Gasteiger partial charge in [0.25, 0.3) is 0 Å². The summed E-state index contributed by atoms with van der Waals surface area (Å²) in [5, 5.41) is 0. The topological polar surface area (TPSA) is 69.6 Å². The lowest BCUT2D eigenvalue weighted by molar-refractivity contribution is -0.126. The van der Waals surface area contributed by atoms with Crippen molar-refractivity contribution in [1.29, 1.82) is 0 Å². The predicted molar refractivity (Wildman–Crippen MR) is 46.4 cm³/mol. The molecule has 11 heavy (non-hydrogen) atoms. The molecule has 0 fully saturated rings. The van der Waals surface area contributed by atoms with E-state index in [1.54, 1.807) is 20.8 Å². The average molecular weight is 181 g/mol. The Morgan fingerprint density at radius 1 is 1.36 bits per heavy atom. The maximum atomic E-state index is 11.1. The van der Waals surface area contributed by atoms with Crippen LogP contribution in [-0.4, -0.2) is 21.3 Å². The molecule has 0 spiro atoms. The molecule has 0 aliphatic heterocycles. The van der Waals surface area contributed by atoms with E-state index in [-0.39, 0.29) is 5.91 Å². The fourth-order valence-electron chi connectivity index (χ4n) is 0.329. The van der Waals surface area contributed by atoms with E-state index in [1.165, 1.54) is 6.26 Å². The SMILES string of the molecule is CC(C)(C)C(=O)NS(C)(O)O. The first-order valence-corrected chi connectivity index (χ1v) is 5.14. The van der Waals surface area contributed by atoms with Crippen molar-refractivity contribution in [3.05, 3.63) is 0 Å². The summed E-state index contributed by atoms with van der Waals surface area (Å²) >= 11 is 0. The van der Waals surface area contributed by atoms with Gasteiger partial charge in [-0.1, -0.05) is 20.8 Å². The molecule has 4 nitrogen and oxygen atoms in total. The second kappa shape index (κ2) is 3.00. The smallest absolute Gasteiger partial charge is 0.243 e. The van der Waals surface area contributed by atoms with Crippen LogP contribution in [0.4, 0.5) is 0 Å². The normalized spacial score (nSPS) is 14.4.